The van der Waals surface area contributed by atoms with Crippen LogP contribution in [0.25, 0.3) is 33.2 Å². The first-order valence-electron chi connectivity index (χ1n) is 7.45. The van der Waals surface area contributed by atoms with E-state index in [1.54, 1.807) is 16.8 Å². The van der Waals surface area contributed by atoms with Crippen molar-refractivity contribution in [1.29, 1.82) is 0 Å². The van der Waals surface area contributed by atoms with E-state index in [0.717, 1.165) is 38.9 Å². The number of ether oxygens (including phenoxy) is 1. The molecule has 0 aliphatic carbocycles. The highest BCUT2D eigenvalue weighted by Crippen LogP contribution is 2.29. The van der Waals surface area contributed by atoms with Crippen molar-refractivity contribution in [2.24, 2.45) is 7.05 Å². The lowest BCUT2D eigenvalue weighted by Gasteiger charge is -2.02. The maximum Gasteiger partial charge on any atom is 0.337 e. The zero-order chi connectivity index (χ0) is 16.8. The molecular formula is C17H15N5O2. The SMILES string of the molecule is COC(=O)c1ccc2c(c1)[nH]c1cc(-c3c(C)nnn3C)cnc12. The van der Waals surface area contributed by atoms with Gasteiger partial charge in [0.2, 0.25) is 0 Å². The van der Waals surface area contributed by atoms with Gasteiger partial charge in [-0.3, -0.25) is 4.98 Å². The Labute approximate surface area is 137 Å². The third-order valence-corrected chi connectivity index (χ3v) is 4.12. The van der Waals surface area contributed by atoms with E-state index >= 15 is 0 Å². The number of fused-ring (bicyclic) bond motifs is 3. The second-order valence-corrected chi connectivity index (χ2v) is 5.64. The lowest BCUT2D eigenvalue weighted by atomic mass is 10.1. The molecule has 0 aliphatic heterocycles. The van der Waals surface area contributed by atoms with E-state index < -0.39 is 0 Å². The molecule has 3 aromatic heterocycles. The molecule has 0 saturated heterocycles. The Morgan fingerprint density at radius 2 is 2.08 bits per heavy atom. The number of pyridine rings is 1. The molecule has 0 amide bonds. The smallest absolute Gasteiger partial charge is 0.337 e. The molecule has 4 rings (SSSR count). The third kappa shape index (κ3) is 2.05. The number of methoxy groups -OCH3 is 1. The van der Waals surface area contributed by atoms with Gasteiger partial charge in [-0.05, 0) is 31.2 Å². The van der Waals surface area contributed by atoms with Crippen LogP contribution < -0.4 is 0 Å². The number of esters is 1. The summed E-state index contributed by atoms with van der Waals surface area (Å²) in [5, 5.41) is 9.07. The molecule has 0 saturated carbocycles. The Morgan fingerprint density at radius 1 is 1.25 bits per heavy atom. The normalized spacial score (nSPS) is 11.3. The Balaban J connectivity index is 1.91. The molecule has 0 fully saturated rings. The van der Waals surface area contributed by atoms with E-state index in [-0.39, 0.29) is 5.97 Å². The molecule has 1 N–H and O–H groups in total. The van der Waals surface area contributed by atoms with Crippen molar-refractivity contribution in [3.63, 3.8) is 0 Å². The van der Waals surface area contributed by atoms with Crippen molar-refractivity contribution < 1.29 is 9.53 Å². The monoisotopic (exact) mass is 321 g/mol. The number of rotatable bonds is 2. The quantitative estimate of drug-likeness (QED) is 0.574. The van der Waals surface area contributed by atoms with E-state index in [0.29, 0.717) is 5.56 Å². The number of aromatic amines is 1. The molecule has 1 aromatic carbocycles. The van der Waals surface area contributed by atoms with Gasteiger partial charge in [-0.2, -0.15) is 0 Å². The number of aromatic nitrogens is 5. The number of nitrogens with zero attached hydrogens (tertiary/aromatic N) is 4. The zero-order valence-electron chi connectivity index (χ0n) is 13.5. The number of carbonyl (C=O) groups is 1. The minimum atomic E-state index is -0.360. The van der Waals surface area contributed by atoms with Gasteiger partial charge in [-0.15, -0.1) is 5.10 Å². The van der Waals surface area contributed by atoms with E-state index in [1.807, 2.05) is 32.3 Å². The fourth-order valence-corrected chi connectivity index (χ4v) is 3.00. The lowest BCUT2D eigenvalue weighted by molar-refractivity contribution is 0.0601. The van der Waals surface area contributed by atoms with Crippen LogP contribution in [0, 0.1) is 6.92 Å². The van der Waals surface area contributed by atoms with E-state index in [4.69, 9.17) is 4.74 Å². The second-order valence-electron chi connectivity index (χ2n) is 5.64. The van der Waals surface area contributed by atoms with Crippen LogP contribution in [0.4, 0.5) is 0 Å². The largest absolute Gasteiger partial charge is 0.465 e. The minimum absolute atomic E-state index is 0.360. The molecule has 24 heavy (non-hydrogen) atoms. The highest BCUT2D eigenvalue weighted by Gasteiger charge is 2.14. The molecule has 0 bridgehead atoms. The average Bonchev–Trinajstić information content (AvgIpc) is 3.12. The van der Waals surface area contributed by atoms with Crippen molar-refractivity contribution in [2.75, 3.05) is 7.11 Å². The Morgan fingerprint density at radius 3 is 2.79 bits per heavy atom. The molecule has 0 aliphatic rings. The summed E-state index contributed by atoms with van der Waals surface area (Å²) < 4.78 is 6.50. The summed E-state index contributed by atoms with van der Waals surface area (Å²) in [6, 6.07) is 7.42. The summed E-state index contributed by atoms with van der Waals surface area (Å²) in [5.41, 5.74) is 5.82. The van der Waals surface area contributed by atoms with Gasteiger partial charge < -0.3 is 9.72 Å². The first-order valence-corrected chi connectivity index (χ1v) is 7.45. The van der Waals surface area contributed by atoms with Crippen LogP contribution in [0.1, 0.15) is 16.1 Å². The standard InChI is InChI=1S/C17H15N5O2/c1-9-16(22(2)21-20-9)11-7-14-15(18-8-11)12-5-4-10(17(23)24-3)6-13(12)19-14/h4-8,19H,1-3H3. The van der Waals surface area contributed by atoms with E-state index in [1.165, 1.54) is 7.11 Å². The van der Waals surface area contributed by atoms with Crippen LogP contribution in [-0.2, 0) is 11.8 Å². The summed E-state index contributed by atoms with van der Waals surface area (Å²) >= 11 is 0. The molecule has 0 unspecified atom stereocenters. The van der Waals surface area contributed by atoms with Gasteiger partial charge in [0.15, 0.2) is 0 Å². The van der Waals surface area contributed by atoms with Crippen LogP contribution in [-0.4, -0.2) is 38.0 Å². The lowest BCUT2D eigenvalue weighted by Crippen LogP contribution is -2.00. The summed E-state index contributed by atoms with van der Waals surface area (Å²) in [7, 11) is 3.23. The maximum atomic E-state index is 11.7. The number of H-pyrrole nitrogens is 1. The molecule has 4 aromatic rings. The van der Waals surface area contributed by atoms with Gasteiger partial charge in [0.25, 0.3) is 0 Å². The minimum Gasteiger partial charge on any atom is -0.465 e. The number of aryl methyl sites for hydroxylation is 2. The highest BCUT2D eigenvalue weighted by atomic mass is 16.5. The van der Waals surface area contributed by atoms with Crippen LogP contribution in [0.2, 0.25) is 0 Å². The van der Waals surface area contributed by atoms with Crippen molar-refractivity contribution in [2.45, 2.75) is 6.92 Å². The second kappa shape index (κ2) is 5.16. The topological polar surface area (TPSA) is 85.7 Å². The number of nitrogens with one attached hydrogen (secondary N) is 1. The number of hydrogen-bond acceptors (Lipinski definition) is 5. The summed E-state index contributed by atoms with van der Waals surface area (Å²) in [5.74, 6) is -0.360. The van der Waals surface area contributed by atoms with Gasteiger partial charge in [0.1, 0.15) is 0 Å². The van der Waals surface area contributed by atoms with Crippen LogP contribution in [0.5, 0.6) is 0 Å². The van der Waals surface area contributed by atoms with Crippen LogP contribution >= 0.6 is 0 Å². The Bertz CT molecular complexity index is 1070. The number of carbonyl (C=O) groups excluding carboxylic acids is 1. The molecule has 0 atom stereocenters. The fourth-order valence-electron chi connectivity index (χ4n) is 3.00. The van der Waals surface area contributed by atoms with Gasteiger partial charge in [-0.1, -0.05) is 5.21 Å². The molecule has 3 heterocycles. The maximum absolute atomic E-state index is 11.7. The van der Waals surface area contributed by atoms with Crippen LogP contribution in [0.3, 0.4) is 0 Å². The summed E-state index contributed by atoms with van der Waals surface area (Å²) in [6.45, 7) is 1.92. The summed E-state index contributed by atoms with van der Waals surface area (Å²) in [6.07, 6.45) is 1.82. The Kier molecular flexibility index (Phi) is 3.09. The van der Waals surface area contributed by atoms with Gasteiger partial charge in [0, 0.05) is 29.7 Å². The Hall–Kier alpha value is -3.22. The number of hydrogen-bond donors (Lipinski definition) is 1. The third-order valence-electron chi connectivity index (χ3n) is 4.12. The molecule has 7 nitrogen and oxygen atoms in total. The molecule has 0 spiro atoms. The zero-order valence-corrected chi connectivity index (χ0v) is 13.5. The van der Waals surface area contributed by atoms with Crippen molar-refractivity contribution in [3.05, 3.63) is 41.7 Å². The average molecular weight is 321 g/mol. The van der Waals surface area contributed by atoms with E-state index in [2.05, 4.69) is 20.3 Å². The predicted octanol–water partition coefficient (Wildman–Crippen LogP) is 2.61. The van der Waals surface area contributed by atoms with Crippen LogP contribution in [0.15, 0.2) is 30.5 Å². The van der Waals surface area contributed by atoms with Gasteiger partial charge >= 0.3 is 5.97 Å². The van der Waals surface area contributed by atoms with Crippen molar-refractivity contribution in [3.8, 4) is 11.3 Å². The van der Waals surface area contributed by atoms with E-state index in [9.17, 15) is 4.79 Å². The molecule has 120 valence electrons. The first kappa shape index (κ1) is 14.4. The van der Waals surface area contributed by atoms with Gasteiger partial charge in [0.05, 0.1) is 35.1 Å². The predicted molar refractivity (Wildman–Crippen MR) is 89.7 cm³/mol. The highest BCUT2D eigenvalue weighted by molar-refractivity contribution is 6.07. The summed E-state index contributed by atoms with van der Waals surface area (Å²) in [4.78, 5) is 19.6. The van der Waals surface area contributed by atoms with Gasteiger partial charge in [-0.25, -0.2) is 9.48 Å². The molecule has 0 radical (unpaired) electrons. The fraction of sp³-hybridized carbons (Fsp3) is 0.176. The van der Waals surface area contributed by atoms with Crippen molar-refractivity contribution in [1.82, 2.24) is 25.0 Å². The molecular weight excluding hydrogens is 306 g/mol. The number of benzene rings is 1. The van der Waals surface area contributed by atoms with Crippen molar-refractivity contribution >= 4 is 27.9 Å². The first-order chi connectivity index (χ1) is 11.6. The molecule has 7 heteroatoms.